The Morgan fingerprint density at radius 1 is 1.07 bits per heavy atom. The summed E-state index contributed by atoms with van der Waals surface area (Å²) in [5, 5.41) is 0. The van der Waals surface area contributed by atoms with Crippen LogP contribution in [-0.2, 0) is 21.4 Å². The van der Waals surface area contributed by atoms with E-state index < -0.39 is 10.0 Å². The number of methoxy groups -OCH3 is 1. The molecule has 1 saturated carbocycles. The number of rotatable bonds is 6. The molecule has 0 amide bonds. The number of Topliss-reactive ketones (excluding diaryl/α,β-unsaturated/α-hetero) is 1. The highest BCUT2D eigenvalue weighted by atomic mass is 32.2. The van der Waals surface area contributed by atoms with E-state index in [1.165, 1.54) is 4.31 Å². The first-order valence-electron chi connectivity index (χ1n) is 9.87. The Bertz CT molecular complexity index is 1040. The van der Waals surface area contributed by atoms with Gasteiger partial charge in [-0.25, -0.2) is 8.42 Å². The van der Waals surface area contributed by atoms with Crippen LogP contribution in [0.15, 0.2) is 70.8 Å². The minimum absolute atomic E-state index is 0.157. The zero-order chi connectivity index (χ0) is 20.6. The molecule has 4 rings (SSSR count). The van der Waals surface area contributed by atoms with Crippen molar-refractivity contribution in [2.75, 3.05) is 7.11 Å². The molecular formula is C23H25NO4S. The summed E-state index contributed by atoms with van der Waals surface area (Å²) in [5.41, 5.74) is 2.58. The van der Waals surface area contributed by atoms with E-state index in [9.17, 15) is 13.2 Å². The quantitative estimate of drug-likeness (QED) is 0.716. The molecule has 2 atom stereocenters. The fourth-order valence-electron chi connectivity index (χ4n) is 4.47. The molecule has 152 valence electrons. The van der Waals surface area contributed by atoms with Gasteiger partial charge in [-0.15, -0.1) is 0 Å². The molecule has 0 spiro atoms. The average molecular weight is 412 g/mol. The van der Waals surface area contributed by atoms with Crippen molar-refractivity contribution in [2.45, 2.75) is 37.6 Å². The largest absolute Gasteiger partial charge is 0.497 e. The van der Waals surface area contributed by atoms with Gasteiger partial charge in [-0.3, -0.25) is 9.10 Å². The Hall–Kier alpha value is -2.60. The molecule has 0 bridgehead atoms. The first kappa shape index (κ1) is 19.7. The summed E-state index contributed by atoms with van der Waals surface area (Å²) in [5.74, 6) is 0.626. The molecule has 0 aromatic heterocycles. The van der Waals surface area contributed by atoms with Crippen molar-refractivity contribution in [3.05, 3.63) is 71.4 Å². The molecular weight excluding hydrogens is 386 g/mol. The van der Waals surface area contributed by atoms with Gasteiger partial charge in [0.25, 0.3) is 10.0 Å². The third-order valence-electron chi connectivity index (χ3n) is 6.03. The standard InChI is InChI=1S/C23H25NO4S/c1-16-20-9-6-10-21(25)22(20)23(16)24(15-17-7-4-3-5-8-17)29(26,27)19-13-11-18(28-2)12-14-19/h3-5,7-8,11-14,20,22H,6,9-10,15H2,1-2H3/t20-,22+/m1/s1. The SMILES string of the molecule is COc1ccc(S(=O)(=O)N(Cc2ccccc2)C2=C(C)[C@H]3CCCC(=O)[C@@H]23)cc1. The third kappa shape index (κ3) is 3.46. The number of benzene rings is 2. The van der Waals surface area contributed by atoms with Crippen LogP contribution in [-0.4, -0.2) is 25.6 Å². The molecule has 2 aliphatic rings. The van der Waals surface area contributed by atoms with Crippen molar-refractivity contribution in [3.63, 3.8) is 0 Å². The number of carbonyl (C=O) groups is 1. The smallest absolute Gasteiger partial charge is 0.264 e. The van der Waals surface area contributed by atoms with E-state index in [-0.39, 0.29) is 29.1 Å². The molecule has 0 N–H and O–H groups in total. The maximum atomic E-state index is 13.6. The maximum absolute atomic E-state index is 13.6. The molecule has 2 aromatic rings. The van der Waals surface area contributed by atoms with E-state index in [0.29, 0.717) is 17.9 Å². The number of carbonyl (C=O) groups excluding carboxylic acids is 1. The van der Waals surface area contributed by atoms with Crippen LogP contribution in [0.4, 0.5) is 0 Å². The zero-order valence-electron chi connectivity index (χ0n) is 16.7. The van der Waals surface area contributed by atoms with Gasteiger partial charge >= 0.3 is 0 Å². The highest BCUT2D eigenvalue weighted by Gasteiger charge is 2.49. The highest BCUT2D eigenvalue weighted by molar-refractivity contribution is 7.89. The first-order valence-corrected chi connectivity index (χ1v) is 11.3. The Labute approximate surface area is 172 Å². The molecule has 0 saturated heterocycles. The molecule has 0 unspecified atom stereocenters. The Balaban J connectivity index is 1.78. The summed E-state index contributed by atoms with van der Waals surface area (Å²) in [6, 6.07) is 15.9. The van der Waals surface area contributed by atoms with Gasteiger partial charge in [0.15, 0.2) is 0 Å². The minimum atomic E-state index is -3.82. The highest BCUT2D eigenvalue weighted by Crippen LogP contribution is 2.50. The first-order chi connectivity index (χ1) is 13.9. The van der Waals surface area contributed by atoms with Crippen LogP contribution in [0.2, 0.25) is 0 Å². The van der Waals surface area contributed by atoms with E-state index in [4.69, 9.17) is 4.74 Å². The van der Waals surface area contributed by atoms with Crippen LogP contribution < -0.4 is 4.74 Å². The summed E-state index contributed by atoms with van der Waals surface area (Å²) in [7, 11) is -2.28. The lowest BCUT2D eigenvalue weighted by Crippen LogP contribution is -2.47. The third-order valence-corrected chi connectivity index (χ3v) is 7.80. The van der Waals surface area contributed by atoms with Crippen molar-refractivity contribution in [2.24, 2.45) is 11.8 Å². The van der Waals surface area contributed by atoms with E-state index in [1.54, 1.807) is 31.4 Å². The maximum Gasteiger partial charge on any atom is 0.264 e. The second-order valence-electron chi connectivity index (χ2n) is 7.68. The van der Waals surface area contributed by atoms with Gasteiger partial charge in [0.2, 0.25) is 0 Å². The Kier molecular flexibility index (Phi) is 5.21. The van der Waals surface area contributed by atoms with Gasteiger partial charge in [-0.1, -0.05) is 30.3 Å². The average Bonchev–Trinajstić information content (AvgIpc) is 2.74. The van der Waals surface area contributed by atoms with Crippen molar-refractivity contribution < 1.29 is 17.9 Å². The molecule has 1 fully saturated rings. The van der Waals surface area contributed by atoms with Gasteiger partial charge < -0.3 is 4.74 Å². The fourth-order valence-corrected chi connectivity index (χ4v) is 6.04. The lowest BCUT2D eigenvalue weighted by Gasteiger charge is -2.47. The molecule has 2 aromatic carbocycles. The van der Waals surface area contributed by atoms with Crippen LogP contribution in [0.25, 0.3) is 0 Å². The fraction of sp³-hybridized carbons (Fsp3) is 0.348. The summed E-state index contributed by atoms with van der Waals surface area (Å²) >= 11 is 0. The molecule has 6 heteroatoms. The molecule has 0 aliphatic heterocycles. The van der Waals surface area contributed by atoms with Crippen molar-refractivity contribution >= 4 is 15.8 Å². The molecule has 0 radical (unpaired) electrons. The van der Waals surface area contributed by atoms with Gasteiger partial charge in [0.1, 0.15) is 11.5 Å². The number of hydrogen-bond acceptors (Lipinski definition) is 4. The van der Waals surface area contributed by atoms with Crippen LogP contribution in [0, 0.1) is 11.8 Å². The summed E-state index contributed by atoms with van der Waals surface area (Å²) in [4.78, 5) is 12.8. The lowest BCUT2D eigenvalue weighted by atomic mass is 9.64. The van der Waals surface area contributed by atoms with Gasteiger partial charge in [-0.2, -0.15) is 0 Å². The van der Waals surface area contributed by atoms with Crippen LogP contribution in [0.1, 0.15) is 31.7 Å². The second-order valence-corrected chi connectivity index (χ2v) is 9.55. The summed E-state index contributed by atoms with van der Waals surface area (Å²) in [6.07, 6.45) is 2.36. The van der Waals surface area contributed by atoms with Crippen molar-refractivity contribution in [1.29, 1.82) is 0 Å². The summed E-state index contributed by atoms with van der Waals surface area (Å²) < 4.78 is 33.9. The summed E-state index contributed by atoms with van der Waals surface area (Å²) in [6.45, 7) is 2.18. The Morgan fingerprint density at radius 2 is 1.76 bits per heavy atom. The van der Waals surface area contributed by atoms with Crippen LogP contribution in [0.3, 0.4) is 0 Å². The number of ether oxygens (including phenoxy) is 1. The molecule has 0 heterocycles. The normalized spacial score (nSPS) is 21.4. The second kappa shape index (κ2) is 7.67. The topological polar surface area (TPSA) is 63.7 Å². The molecule has 5 nitrogen and oxygen atoms in total. The number of sulfonamides is 1. The van der Waals surface area contributed by atoms with E-state index in [1.807, 2.05) is 37.3 Å². The number of ketones is 1. The molecule has 2 aliphatic carbocycles. The van der Waals surface area contributed by atoms with E-state index in [2.05, 4.69) is 0 Å². The van der Waals surface area contributed by atoms with Crippen LogP contribution in [0.5, 0.6) is 5.75 Å². The minimum Gasteiger partial charge on any atom is -0.497 e. The predicted octanol–water partition coefficient (Wildman–Crippen LogP) is 4.16. The van der Waals surface area contributed by atoms with Crippen molar-refractivity contribution in [1.82, 2.24) is 4.31 Å². The number of nitrogens with zero attached hydrogens (tertiary/aromatic N) is 1. The zero-order valence-corrected chi connectivity index (χ0v) is 17.5. The predicted molar refractivity (Wildman–Crippen MR) is 111 cm³/mol. The number of hydrogen-bond donors (Lipinski definition) is 0. The molecule has 29 heavy (non-hydrogen) atoms. The van der Waals surface area contributed by atoms with E-state index >= 15 is 0 Å². The van der Waals surface area contributed by atoms with E-state index in [0.717, 1.165) is 24.0 Å². The Morgan fingerprint density at radius 3 is 2.41 bits per heavy atom. The van der Waals surface area contributed by atoms with Gasteiger partial charge in [0, 0.05) is 12.1 Å². The van der Waals surface area contributed by atoms with Crippen molar-refractivity contribution in [3.8, 4) is 5.75 Å². The van der Waals surface area contributed by atoms with Gasteiger partial charge in [0.05, 0.1) is 24.5 Å². The van der Waals surface area contributed by atoms with Crippen LogP contribution >= 0.6 is 0 Å². The number of fused-ring (bicyclic) bond motifs is 1. The monoisotopic (exact) mass is 411 g/mol. The van der Waals surface area contributed by atoms with Gasteiger partial charge in [-0.05, 0) is 61.1 Å². The lowest BCUT2D eigenvalue weighted by molar-refractivity contribution is -0.126. The number of allylic oxidation sites excluding steroid dienone is 2.